The van der Waals surface area contributed by atoms with Crippen molar-refractivity contribution in [2.24, 2.45) is 11.1 Å². The molecule has 1 saturated carbocycles. The Morgan fingerprint density at radius 1 is 1.13 bits per heavy atom. The van der Waals surface area contributed by atoms with E-state index in [9.17, 15) is 0 Å². The molecule has 2 N–H and O–H groups in total. The van der Waals surface area contributed by atoms with Crippen molar-refractivity contribution in [2.75, 3.05) is 19.6 Å². The van der Waals surface area contributed by atoms with Crippen molar-refractivity contribution in [3.05, 3.63) is 0 Å². The highest BCUT2D eigenvalue weighted by Crippen LogP contribution is 2.46. The van der Waals surface area contributed by atoms with Gasteiger partial charge in [0.2, 0.25) is 0 Å². The lowest BCUT2D eigenvalue weighted by molar-refractivity contribution is 0.0768. The number of hydrogen-bond donors (Lipinski definition) is 1. The third-order valence-electron chi connectivity index (χ3n) is 4.78. The molecule has 15 heavy (non-hydrogen) atoms. The Bertz CT molecular complexity index is 183. The van der Waals surface area contributed by atoms with Gasteiger partial charge in [-0.2, -0.15) is 0 Å². The molecule has 2 rings (SSSR count). The highest BCUT2D eigenvalue weighted by atomic mass is 15.2. The minimum atomic E-state index is 0.642. The van der Waals surface area contributed by atoms with E-state index in [1.54, 1.807) is 0 Å². The summed E-state index contributed by atoms with van der Waals surface area (Å²) in [4.78, 5) is 2.63. The second-order valence-electron chi connectivity index (χ2n) is 5.54. The van der Waals surface area contributed by atoms with Gasteiger partial charge >= 0.3 is 0 Å². The van der Waals surface area contributed by atoms with Gasteiger partial charge in [-0.3, -0.25) is 4.90 Å². The highest BCUT2D eigenvalue weighted by Gasteiger charge is 2.37. The van der Waals surface area contributed by atoms with Gasteiger partial charge in [-0.15, -0.1) is 0 Å². The smallest absolute Gasteiger partial charge is 0.0215 e. The second-order valence-corrected chi connectivity index (χ2v) is 5.54. The number of nitrogens with two attached hydrogens (primary N) is 1. The van der Waals surface area contributed by atoms with Crippen LogP contribution in [0.4, 0.5) is 0 Å². The first-order valence-electron chi connectivity index (χ1n) is 6.74. The maximum Gasteiger partial charge on any atom is 0.0215 e. The first kappa shape index (κ1) is 11.4. The molecule has 0 aromatic carbocycles. The molecule has 2 aliphatic rings. The second kappa shape index (κ2) is 4.84. The van der Waals surface area contributed by atoms with Gasteiger partial charge in [0.25, 0.3) is 0 Å². The number of piperidine rings is 1. The summed E-state index contributed by atoms with van der Waals surface area (Å²) in [6.07, 6.45) is 10.0. The monoisotopic (exact) mass is 210 g/mol. The summed E-state index contributed by atoms with van der Waals surface area (Å²) in [5.41, 5.74) is 6.57. The van der Waals surface area contributed by atoms with Gasteiger partial charge in [0, 0.05) is 12.6 Å². The van der Waals surface area contributed by atoms with Crippen molar-refractivity contribution >= 4 is 0 Å². The van der Waals surface area contributed by atoms with Crippen LogP contribution in [-0.2, 0) is 0 Å². The molecule has 2 heteroatoms. The molecule has 0 bridgehead atoms. The molecule has 1 unspecified atom stereocenters. The SMILES string of the molecule is CCC(CN)N1CCC2(CCCC2)CC1. The van der Waals surface area contributed by atoms with E-state index in [0.29, 0.717) is 6.04 Å². The quantitative estimate of drug-likeness (QED) is 0.775. The van der Waals surface area contributed by atoms with Crippen LogP contribution in [0.2, 0.25) is 0 Å². The van der Waals surface area contributed by atoms with Crippen molar-refractivity contribution in [2.45, 2.75) is 57.9 Å². The lowest BCUT2D eigenvalue weighted by atomic mass is 9.77. The highest BCUT2D eigenvalue weighted by molar-refractivity contribution is 4.91. The van der Waals surface area contributed by atoms with Crippen LogP contribution >= 0.6 is 0 Å². The Kier molecular flexibility index (Phi) is 3.68. The molecular formula is C13H26N2. The Hall–Kier alpha value is -0.0800. The molecule has 2 fully saturated rings. The van der Waals surface area contributed by atoms with Crippen LogP contribution in [0.25, 0.3) is 0 Å². The average Bonchev–Trinajstić information content (AvgIpc) is 2.72. The fourth-order valence-electron chi connectivity index (χ4n) is 3.56. The predicted octanol–water partition coefficient (Wildman–Crippen LogP) is 2.38. The van der Waals surface area contributed by atoms with E-state index in [-0.39, 0.29) is 0 Å². The van der Waals surface area contributed by atoms with E-state index in [4.69, 9.17) is 5.73 Å². The molecule has 0 amide bonds. The van der Waals surface area contributed by atoms with Gasteiger partial charge in [0.15, 0.2) is 0 Å². The predicted molar refractivity (Wildman–Crippen MR) is 64.8 cm³/mol. The third kappa shape index (κ3) is 2.36. The fourth-order valence-corrected chi connectivity index (χ4v) is 3.56. The van der Waals surface area contributed by atoms with E-state index in [1.807, 2.05) is 0 Å². The van der Waals surface area contributed by atoms with Crippen LogP contribution in [-0.4, -0.2) is 30.6 Å². The van der Waals surface area contributed by atoms with Crippen LogP contribution in [0.5, 0.6) is 0 Å². The van der Waals surface area contributed by atoms with Crippen LogP contribution in [0.3, 0.4) is 0 Å². The summed E-state index contributed by atoms with van der Waals surface area (Å²) in [5.74, 6) is 0. The van der Waals surface area contributed by atoms with Gasteiger partial charge in [-0.1, -0.05) is 19.8 Å². The maximum atomic E-state index is 5.82. The Morgan fingerprint density at radius 2 is 1.73 bits per heavy atom. The summed E-state index contributed by atoms with van der Waals surface area (Å²) in [6.45, 7) is 5.70. The summed E-state index contributed by atoms with van der Waals surface area (Å²) in [5, 5.41) is 0. The molecule has 1 saturated heterocycles. The molecule has 0 radical (unpaired) electrons. The van der Waals surface area contributed by atoms with E-state index in [1.165, 1.54) is 58.0 Å². The molecule has 88 valence electrons. The average molecular weight is 210 g/mol. The summed E-state index contributed by atoms with van der Waals surface area (Å²) in [6, 6.07) is 0.642. The molecule has 0 aromatic rings. The van der Waals surface area contributed by atoms with Crippen molar-refractivity contribution in [3.63, 3.8) is 0 Å². The fraction of sp³-hybridized carbons (Fsp3) is 1.00. The van der Waals surface area contributed by atoms with Crippen molar-refractivity contribution < 1.29 is 0 Å². The largest absolute Gasteiger partial charge is 0.329 e. The zero-order chi connectivity index (χ0) is 10.7. The van der Waals surface area contributed by atoms with E-state index >= 15 is 0 Å². The Morgan fingerprint density at radius 3 is 2.20 bits per heavy atom. The lowest BCUT2D eigenvalue weighted by Crippen LogP contribution is -2.47. The van der Waals surface area contributed by atoms with Crippen LogP contribution in [0.15, 0.2) is 0 Å². The molecule has 1 aliphatic carbocycles. The summed E-state index contributed by atoms with van der Waals surface area (Å²) in [7, 11) is 0. The summed E-state index contributed by atoms with van der Waals surface area (Å²) < 4.78 is 0. The molecular weight excluding hydrogens is 184 g/mol. The van der Waals surface area contributed by atoms with Gasteiger partial charge in [-0.25, -0.2) is 0 Å². The van der Waals surface area contributed by atoms with Gasteiger partial charge in [-0.05, 0) is 50.6 Å². The number of rotatable bonds is 3. The molecule has 2 nitrogen and oxygen atoms in total. The van der Waals surface area contributed by atoms with E-state index in [2.05, 4.69) is 11.8 Å². The normalized spacial score (nSPS) is 28.4. The van der Waals surface area contributed by atoms with Crippen molar-refractivity contribution in [1.82, 2.24) is 4.90 Å². The van der Waals surface area contributed by atoms with Crippen LogP contribution in [0, 0.1) is 5.41 Å². The zero-order valence-corrected chi connectivity index (χ0v) is 10.2. The van der Waals surface area contributed by atoms with E-state index in [0.717, 1.165) is 12.0 Å². The number of hydrogen-bond acceptors (Lipinski definition) is 2. The molecule has 1 atom stereocenters. The van der Waals surface area contributed by atoms with Gasteiger partial charge in [0.05, 0.1) is 0 Å². The van der Waals surface area contributed by atoms with Crippen molar-refractivity contribution in [3.8, 4) is 0 Å². The number of nitrogens with zero attached hydrogens (tertiary/aromatic N) is 1. The molecule has 1 aliphatic heterocycles. The Labute approximate surface area is 94.2 Å². The molecule has 0 aromatic heterocycles. The van der Waals surface area contributed by atoms with Crippen LogP contribution < -0.4 is 5.73 Å². The number of likely N-dealkylation sites (tertiary alicyclic amines) is 1. The molecule has 1 heterocycles. The first-order valence-corrected chi connectivity index (χ1v) is 6.74. The minimum absolute atomic E-state index is 0.642. The maximum absolute atomic E-state index is 5.82. The molecule has 1 spiro atoms. The standard InChI is InChI=1S/C13H26N2/c1-2-12(11-14)15-9-7-13(8-10-15)5-3-4-6-13/h12H,2-11,14H2,1H3. The van der Waals surface area contributed by atoms with Crippen molar-refractivity contribution in [1.29, 1.82) is 0 Å². The summed E-state index contributed by atoms with van der Waals surface area (Å²) >= 11 is 0. The van der Waals surface area contributed by atoms with Crippen LogP contribution in [0.1, 0.15) is 51.9 Å². The zero-order valence-electron chi connectivity index (χ0n) is 10.2. The third-order valence-corrected chi connectivity index (χ3v) is 4.78. The first-order chi connectivity index (χ1) is 7.29. The lowest BCUT2D eigenvalue weighted by Gasteiger charge is -2.42. The van der Waals surface area contributed by atoms with E-state index < -0.39 is 0 Å². The van der Waals surface area contributed by atoms with Gasteiger partial charge in [0.1, 0.15) is 0 Å². The topological polar surface area (TPSA) is 29.3 Å². The van der Waals surface area contributed by atoms with Gasteiger partial charge < -0.3 is 5.73 Å². The minimum Gasteiger partial charge on any atom is -0.329 e. The Balaban J connectivity index is 1.85.